The Balaban J connectivity index is 1.60. The van der Waals surface area contributed by atoms with E-state index in [-0.39, 0.29) is 12.5 Å². The van der Waals surface area contributed by atoms with Crippen LogP contribution in [-0.4, -0.2) is 56.8 Å². The van der Waals surface area contributed by atoms with Gasteiger partial charge in [0.25, 0.3) is 5.91 Å². The summed E-state index contributed by atoms with van der Waals surface area (Å²) in [7, 11) is 0. The molecule has 6 heteroatoms. The third-order valence-corrected chi connectivity index (χ3v) is 3.38. The van der Waals surface area contributed by atoms with Crippen LogP contribution in [0.3, 0.4) is 0 Å². The largest absolute Gasteiger partial charge is 0.484 e. The number of nitrogens with one attached hydrogen (secondary N) is 1. The number of nitrogens with zero attached hydrogens (tertiary/aromatic N) is 1. The second-order valence-electron chi connectivity index (χ2n) is 4.94. The van der Waals surface area contributed by atoms with Gasteiger partial charge < -0.3 is 20.5 Å². The third kappa shape index (κ3) is 5.71. The molecule has 2 rings (SSSR count). The van der Waals surface area contributed by atoms with E-state index in [0.29, 0.717) is 18.8 Å². The molecule has 0 unspecified atom stereocenters. The number of nitrogens with two attached hydrogens (primary N) is 1. The van der Waals surface area contributed by atoms with Gasteiger partial charge in [-0.3, -0.25) is 9.69 Å². The van der Waals surface area contributed by atoms with Gasteiger partial charge in [-0.2, -0.15) is 0 Å². The predicted octanol–water partition coefficient (Wildman–Crippen LogP) is -0.0275. The number of hydrogen-bond donors (Lipinski definition) is 2. The fourth-order valence-corrected chi connectivity index (χ4v) is 2.10. The summed E-state index contributed by atoms with van der Waals surface area (Å²) in [5.74, 6) is 0.571. The van der Waals surface area contributed by atoms with Crippen LogP contribution in [0.1, 0.15) is 5.56 Å². The van der Waals surface area contributed by atoms with Crippen molar-refractivity contribution >= 4 is 5.91 Å². The normalized spacial score (nSPS) is 15.7. The fourth-order valence-electron chi connectivity index (χ4n) is 2.10. The van der Waals surface area contributed by atoms with Crippen LogP contribution >= 0.6 is 0 Å². The molecule has 1 aliphatic heterocycles. The lowest BCUT2D eigenvalue weighted by Crippen LogP contribution is -2.42. The Morgan fingerprint density at radius 3 is 2.67 bits per heavy atom. The molecule has 116 valence electrons. The van der Waals surface area contributed by atoms with Gasteiger partial charge in [0.05, 0.1) is 13.2 Å². The van der Waals surface area contributed by atoms with Crippen molar-refractivity contribution in [2.24, 2.45) is 5.73 Å². The average molecular weight is 293 g/mol. The molecular formula is C15H23N3O3. The molecule has 1 amide bonds. The minimum absolute atomic E-state index is 0.0328. The highest BCUT2D eigenvalue weighted by Gasteiger charge is 2.10. The molecule has 1 fully saturated rings. The van der Waals surface area contributed by atoms with Gasteiger partial charge in [0.15, 0.2) is 6.61 Å². The highest BCUT2D eigenvalue weighted by atomic mass is 16.5. The Morgan fingerprint density at radius 2 is 2.00 bits per heavy atom. The molecule has 1 heterocycles. The van der Waals surface area contributed by atoms with Crippen molar-refractivity contribution < 1.29 is 14.3 Å². The highest BCUT2D eigenvalue weighted by molar-refractivity contribution is 5.77. The summed E-state index contributed by atoms with van der Waals surface area (Å²) < 4.78 is 10.7. The SMILES string of the molecule is NCc1ccc(OCC(=O)NCCN2CCOCC2)cc1. The van der Waals surface area contributed by atoms with Crippen LogP contribution < -0.4 is 15.8 Å². The van der Waals surface area contributed by atoms with Crippen LogP contribution in [0.25, 0.3) is 0 Å². The number of morpholine rings is 1. The Morgan fingerprint density at radius 1 is 1.29 bits per heavy atom. The average Bonchev–Trinajstić information content (AvgIpc) is 2.54. The number of rotatable bonds is 7. The molecule has 0 spiro atoms. The molecule has 0 aliphatic carbocycles. The van der Waals surface area contributed by atoms with Crippen LogP contribution in [0.5, 0.6) is 5.75 Å². The Kier molecular flexibility index (Phi) is 6.46. The lowest BCUT2D eigenvalue weighted by molar-refractivity contribution is -0.123. The molecule has 1 aromatic carbocycles. The summed E-state index contributed by atoms with van der Waals surface area (Å²) in [6.45, 7) is 5.42. The first kappa shape index (κ1) is 15.8. The number of amides is 1. The summed E-state index contributed by atoms with van der Waals surface area (Å²) in [5.41, 5.74) is 6.56. The first-order chi connectivity index (χ1) is 10.3. The van der Waals surface area contributed by atoms with Gasteiger partial charge in [-0.15, -0.1) is 0 Å². The fraction of sp³-hybridized carbons (Fsp3) is 0.533. The number of hydrogen-bond acceptors (Lipinski definition) is 5. The van der Waals surface area contributed by atoms with E-state index in [9.17, 15) is 4.79 Å². The summed E-state index contributed by atoms with van der Waals surface area (Å²) in [6, 6.07) is 7.43. The lowest BCUT2D eigenvalue weighted by Gasteiger charge is -2.26. The Hall–Kier alpha value is -1.63. The van der Waals surface area contributed by atoms with Crippen LogP contribution in [0.15, 0.2) is 24.3 Å². The van der Waals surface area contributed by atoms with E-state index in [4.69, 9.17) is 15.2 Å². The zero-order chi connectivity index (χ0) is 14.9. The van der Waals surface area contributed by atoms with Crippen molar-refractivity contribution in [1.29, 1.82) is 0 Å². The molecular weight excluding hydrogens is 270 g/mol. The van der Waals surface area contributed by atoms with Gasteiger partial charge in [-0.05, 0) is 17.7 Å². The van der Waals surface area contributed by atoms with E-state index in [1.165, 1.54) is 0 Å². The Bertz CT molecular complexity index is 430. The summed E-state index contributed by atoms with van der Waals surface area (Å²) in [6.07, 6.45) is 0. The molecule has 1 aromatic rings. The zero-order valence-electron chi connectivity index (χ0n) is 12.2. The smallest absolute Gasteiger partial charge is 0.257 e. The van der Waals surface area contributed by atoms with E-state index >= 15 is 0 Å². The molecule has 3 N–H and O–H groups in total. The summed E-state index contributed by atoms with van der Waals surface area (Å²) >= 11 is 0. The van der Waals surface area contributed by atoms with Crippen LogP contribution in [0.4, 0.5) is 0 Å². The predicted molar refractivity (Wildman–Crippen MR) is 80.1 cm³/mol. The molecule has 21 heavy (non-hydrogen) atoms. The second-order valence-corrected chi connectivity index (χ2v) is 4.94. The second kappa shape index (κ2) is 8.61. The molecule has 0 aromatic heterocycles. The van der Waals surface area contributed by atoms with Gasteiger partial charge in [0.2, 0.25) is 0 Å². The first-order valence-corrected chi connectivity index (χ1v) is 7.26. The summed E-state index contributed by atoms with van der Waals surface area (Å²) in [4.78, 5) is 14.0. The molecule has 0 atom stereocenters. The Labute approximate surface area is 125 Å². The van der Waals surface area contributed by atoms with E-state index in [0.717, 1.165) is 38.4 Å². The maximum absolute atomic E-state index is 11.7. The maximum Gasteiger partial charge on any atom is 0.257 e. The van der Waals surface area contributed by atoms with Crippen molar-refractivity contribution in [1.82, 2.24) is 10.2 Å². The molecule has 6 nitrogen and oxygen atoms in total. The third-order valence-electron chi connectivity index (χ3n) is 3.38. The van der Waals surface area contributed by atoms with Gasteiger partial charge in [-0.1, -0.05) is 12.1 Å². The standard InChI is InChI=1S/C15H23N3O3/c16-11-13-1-3-14(4-2-13)21-12-15(19)17-5-6-18-7-9-20-10-8-18/h1-4H,5-12,16H2,(H,17,19). The van der Waals surface area contributed by atoms with E-state index in [1.807, 2.05) is 24.3 Å². The van der Waals surface area contributed by atoms with E-state index < -0.39 is 0 Å². The minimum Gasteiger partial charge on any atom is -0.484 e. The highest BCUT2D eigenvalue weighted by Crippen LogP contribution is 2.11. The van der Waals surface area contributed by atoms with E-state index in [2.05, 4.69) is 10.2 Å². The number of carbonyl (C=O) groups excluding carboxylic acids is 1. The number of carbonyl (C=O) groups is 1. The van der Waals surface area contributed by atoms with Gasteiger partial charge >= 0.3 is 0 Å². The van der Waals surface area contributed by atoms with Crippen LogP contribution in [0.2, 0.25) is 0 Å². The molecule has 1 saturated heterocycles. The lowest BCUT2D eigenvalue weighted by atomic mass is 10.2. The van der Waals surface area contributed by atoms with Crippen LogP contribution in [0, 0.1) is 0 Å². The van der Waals surface area contributed by atoms with Crippen molar-refractivity contribution in [3.8, 4) is 5.75 Å². The maximum atomic E-state index is 11.7. The molecule has 0 bridgehead atoms. The molecule has 0 radical (unpaired) electrons. The molecule has 1 aliphatic rings. The van der Waals surface area contributed by atoms with Gasteiger partial charge in [0, 0.05) is 32.7 Å². The number of benzene rings is 1. The van der Waals surface area contributed by atoms with E-state index in [1.54, 1.807) is 0 Å². The summed E-state index contributed by atoms with van der Waals surface area (Å²) in [5, 5.41) is 2.86. The number of ether oxygens (including phenoxy) is 2. The van der Waals surface area contributed by atoms with Crippen molar-refractivity contribution in [3.63, 3.8) is 0 Å². The molecule has 0 saturated carbocycles. The van der Waals surface area contributed by atoms with Gasteiger partial charge in [0.1, 0.15) is 5.75 Å². The van der Waals surface area contributed by atoms with Crippen molar-refractivity contribution in [2.45, 2.75) is 6.54 Å². The zero-order valence-corrected chi connectivity index (χ0v) is 12.2. The topological polar surface area (TPSA) is 76.8 Å². The minimum atomic E-state index is -0.105. The van der Waals surface area contributed by atoms with Crippen LogP contribution in [-0.2, 0) is 16.1 Å². The van der Waals surface area contributed by atoms with Crippen molar-refractivity contribution in [2.75, 3.05) is 46.0 Å². The quantitative estimate of drug-likeness (QED) is 0.738. The first-order valence-electron chi connectivity index (χ1n) is 7.26. The van der Waals surface area contributed by atoms with Gasteiger partial charge in [-0.25, -0.2) is 0 Å². The van der Waals surface area contributed by atoms with Crippen molar-refractivity contribution in [3.05, 3.63) is 29.8 Å². The monoisotopic (exact) mass is 293 g/mol.